The van der Waals surface area contributed by atoms with Crippen LogP contribution in [-0.2, 0) is 6.54 Å². The van der Waals surface area contributed by atoms with Crippen LogP contribution < -0.4 is 10.5 Å². The molecule has 0 saturated carbocycles. The van der Waals surface area contributed by atoms with Gasteiger partial charge in [0.1, 0.15) is 5.75 Å². The van der Waals surface area contributed by atoms with E-state index in [-0.39, 0.29) is 0 Å². The third-order valence-corrected chi connectivity index (χ3v) is 2.77. The quantitative estimate of drug-likeness (QED) is 0.831. The molecule has 0 spiro atoms. The van der Waals surface area contributed by atoms with Crippen molar-refractivity contribution in [1.29, 1.82) is 0 Å². The van der Waals surface area contributed by atoms with Gasteiger partial charge in [0.15, 0.2) is 0 Å². The van der Waals surface area contributed by atoms with Crippen molar-refractivity contribution in [3.05, 3.63) is 28.8 Å². The van der Waals surface area contributed by atoms with Crippen molar-refractivity contribution in [2.45, 2.75) is 13.5 Å². The maximum atomic E-state index is 5.91. The van der Waals surface area contributed by atoms with Gasteiger partial charge in [0.05, 0.1) is 7.11 Å². The fourth-order valence-corrected chi connectivity index (χ4v) is 1.78. The summed E-state index contributed by atoms with van der Waals surface area (Å²) >= 11 is 5.91. The number of nitrogens with two attached hydrogens (primary N) is 1. The Morgan fingerprint density at radius 1 is 1.44 bits per heavy atom. The minimum Gasteiger partial charge on any atom is -0.496 e. The van der Waals surface area contributed by atoms with Crippen LogP contribution >= 0.6 is 11.6 Å². The zero-order chi connectivity index (χ0) is 12.0. The molecule has 4 heteroatoms. The summed E-state index contributed by atoms with van der Waals surface area (Å²) in [5.74, 6) is 0.836. The van der Waals surface area contributed by atoms with Crippen LogP contribution in [0.3, 0.4) is 0 Å². The molecule has 0 unspecified atom stereocenters. The number of ether oxygens (including phenoxy) is 1. The van der Waals surface area contributed by atoms with Crippen LogP contribution in [0.5, 0.6) is 5.75 Å². The molecule has 2 N–H and O–H groups in total. The van der Waals surface area contributed by atoms with E-state index in [0.717, 1.165) is 30.9 Å². The minimum atomic E-state index is 0.670. The van der Waals surface area contributed by atoms with E-state index in [9.17, 15) is 0 Å². The molecule has 0 fully saturated rings. The Hall–Kier alpha value is -0.770. The summed E-state index contributed by atoms with van der Waals surface area (Å²) < 4.78 is 5.31. The van der Waals surface area contributed by atoms with Crippen LogP contribution in [-0.4, -0.2) is 31.6 Å². The van der Waals surface area contributed by atoms with E-state index < -0.39 is 0 Å². The lowest BCUT2D eigenvalue weighted by Gasteiger charge is -2.20. The number of rotatable bonds is 6. The first-order chi connectivity index (χ1) is 7.71. The van der Waals surface area contributed by atoms with Crippen molar-refractivity contribution in [3.63, 3.8) is 0 Å². The molecule has 0 aromatic heterocycles. The molecule has 0 saturated heterocycles. The maximum absolute atomic E-state index is 5.91. The Balaban J connectivity index is 2.78. The zero-order valence-electron chi connectivity index (χ0n) is 9.87. The summed E-state index contributed by atoms with van der Waals surface area (Å²) in [5, 5.41) is 0.697. The van der Waals surface area contributed by atoms with E-state index in [1.807, 2.05) is 18.2 Å². The average molecular weight is 243 g/mol. The van der Waals surface area contributed by atoms with Crippen LogP contribution in [0.15, 0.2) is 18.2 Å². The topological polar surface area (TPSA) is 38.5 Å². The normalized spacial score (nSPS) is 10.8. The number of benzene rings is 1. The van der Waals surface area contributed by atoms with E-state index in [4.69, 9.17) is 22.1 Å². The second-order valence-corrected chi connectivity index (χ2v) is 4.05. The predicted octanol–water partition coefficient (Wildman–Crippen LogP) is 2.13. The van der Waals surface area contributed by atoms with Crippen molar-refractivity contribution < 1.29 is 4.74 Å². The molecule has 16 heavy (non-hydrogen) atoms. The Morgan fingerprint density at radius 3 is 2.75 bits per heavy atom. The molecule has 1 rings (SSSR count). The number of halogens is 1. The molecular weight excluding hydrogens is 224 g/mol. The molecule has 1 aromatic rings. The van der Waals surface area contributed by atoms with Crippen molar-refractivity contribution in [2.75, 3.05) is 26.7 Å². The van der Waals surface area contributed by atoms with E-state index in [1.165, 1.54) is 0 Å². The second-order valence-electron chi connectivity index (χ2n) is 3.61. The SMILES string of the molecule is CCN(CCN)Cc1ccc(Cl)cc1OC. The van der Waals surface area contributed by atoms with Crippen molar-refractivity contribution >= 4 is 11.6 Å². The molecule has 0 aliphatic rings. The molecule has 0 amide bonds. The number of hydrogen-bond donors (Lipinski definition) is 1. The zero-order valence-corrected chi connectivity index (χ0v) is 10.6. The van der Waals surface area contributed by atoms with Gasteiger partial charge in [-0.3, -0.25) is 4.90 Å². The number of methoxy groups -OCH3 is 1. The first kappa shape index (κ1) is 13.3. The molecule has 0 heterocycles. The number of nitrogens with zero attached hydrogens (tertiary/aromatic N) is 1. The van der Waals surface area contributed by atoms with E-state index in [1.54, 1.807) is 7.11 Å². The van der Waals surface area contributed by atoms with Crippen LogP contribution in [0, 0.1) is 0 Å². The monoisotopic (exact) mass is 242 g/mol. The van der Waals surface area contributed by atoms with Gasteiger partial charge < -0.3 is 10.5 Å². The third-order valence-electron chi connectivity index (χ3n) is 2.54. The molecule has 3 nitrogen and oxygen atoms in total. The Kier molecular flexibility index (Phi) is 5.60. The largest absolute Gasteiger partial charge is 0.496 e. The lowest BCUT2D eigenvalue weighted by molar-refractivity contribution is 0.282. The Morgan fingerprint density at radius 2 is 2.19 bits per heavy atom. The average Bonchev–Trinajstić information content (AvgIpc) is 2.30. The molecule has 0 bridgehead atoms. The van der Waals surface area contributed by atoms with Gasteiger partial charge in [-0.15, -0.1) is 0 Å². The van der Waals surface area contributed by atoms with E-state index in [0.29, 0.717) is 11.6 Å². The molecule has 0 atom stereocenters. The highest BCUT2D eigenvalue weighted by molar-refractivity contribution is 6.30. The number of likely N-dealkylation sites (N-methyl/N-ethyl adjacent to an activating group) is 1. The van der Waals surface area contributed by atoms with Gasteiger partial charge in [0, 0.05) is 30.2 Å². The molecule has 0 aliphatic carbocycles. The van der Waals surface area contributed by atoms with Crippen molar-refractivity contribution in [1.82, 2.24) is 4.90 Å². The highest BCUT2D eigenvalue weighted by Crippen LogP contribution is 2.24. The highest BCUT2D eigenvalue weighted by atomic mass is 35.5. The first-order valence-corrected chi connectivity index (χ1v) is 5.83. The Labute approximate surface area is 102 Å². The summed E-state index contributed by atoms with van der Waals surface area (Å²) in [4.78, 5) is 2.27. The van der Waals surface area contributed by atoms with E-state index >= 15 is 0 Å². The fourth-order valence-electron chi connectivity index (χ4n) is 1.62. The lowest BCUT2D eigenvalue weighted by Crippen LogP contribution is -2.28. The van der Waals surface area contributed by atoms with Gasteiger partial charge >= 0.3 is 0 Å². The summed E-state index contributed by atoms with van der Waals surface area (Å²) in [5.41, 5.74) is 6.70. The van der Waals surface area contributed by atoms with Crippen LogP contribution in [0.25, 0.3) is 0 Å². The smallest absolute Gasteiger partial charge is 0.124 e. The number of hydrogen-bond acceptors (Lipinski definition) is 3. The summed E-state index contributed by atoms with van der Waals surface area (Å²) in [6.07, 6.45) is 0. The third kappa shape index (κ3) is 3.67. The van der Waals surface area contributed by atoms with Gasteiger partial charge in [-0.2, -0.15) is 0 Å². The van der Waals surface area contributed by atoms with Gasteiger partial charge in [-0.1, -0.05) is 24.6 Å². The molecule has 0 radical (unpaired) electrons. The Bertz CT molecular complexity index is 331. The van der Waals surface area contributed by atoms with Crippen LogP contribution in [0.1, 0.15) is 12.5 Å². The van der Waals surface area contributed by atoms with E-state index in [2.05, 4.69) is 11.8 Å². The first-order valence-electron chi connectivity index (χ1n) is 5.46. The van der Waals surface area contributed by atoms with Crippen molar-refractivity contribution in [2.24, 2.45) is 5.73 Å². The van der Waals surface area contributed by atoms with Crippen LogP contribution in [0.2, 0.25) is 5.02 Å². The summed E-state index contributed by atoms with van der Waals surface area (Å²) in [7, 11) is 1.66. The highest BCUT2D eigenvalue weighted by Gasteiger charge is 2.08. The fraction of sp³-hybridized carbons (Fsp3) is 0.500. The summed E-state index contributed by atoms with van der Waals surface area (Å²) in [6.45, 7) is 5.50. The van der Waals surface area contributed by atoms with Gasteiger partial charge in [-0.25, -0.2) is 0 Å². The molecular formula is C12H19ClN2O. The molecule has 90 valence electrons. The molecule has 1 aromatic carbocycles. The van der Waals surface area contributed by atoms with Crippen molar-refractivity contribution in [3.8, 4) is 5.75 Å². The second kappa shape index (κ2) is 6.74. The minimum absolute atomic E-state index is 0.670. The maximum Gasteiger partial charge on any atom is 0.124 e. The predicted molar refractivity (Wildman–Crippen MR) is 68.0 cm³/mol. The van der Waals surface area contributed by atoms with Gasteiger partial charge in [-0.05, 0) is 18.7 Å². The van der Waals surface area contributed by atoms with Gasteiger partial charge in [0.2, 0.25) is 0 Å². The summed E-state index contributed by atoms with van der Waals surface area (Å²) in [6, 6.07) is 5.73. The standard InChI is InChI=1S/C12H19ClN2O/c1-3-15(7-6-14)9-10-4-5-11(13)8-12(10)16-2/h4-5,8H,3,6-7,9,14H2,1-2H3. The lowest BCUT2D eigenvalue weighted by atomic mass is 10.2. The molecule has 0 aliphatic heterocycles. The van der Waals surface area contributed by atoms with Crippen LogP contribution in [0.4, 0.5) is 0 Å². The van der Waals surface area contributed by atoms with Gasteiger partial charge in [0.25, 0.3) is 0 Å².